The van der Waals surface area contributed by atoms with Crippen molar-refractivity contribution >= 4 is 0 Å². The fourth-order valence-corrected chi connectivity index (χ4v) is 4.32. The second-order valence-electron chi connectivity index (χ2n) is 6.70. The summed E-state index contributed by atoms with van der Waals surface area (Å²) in [5, 5.41) is 10.0. The molecule has 0 aromatic carbocycles. The molecular formula is C16H31NO. The molecule has 2 nitrogen and oxygen atoms in total. The van der Waals surface area contributed by atoms with Crippen LogP contribution in [0.3, 0.4) is 0 Å². The summed E-state index contributed by atoms with van der Waals surface area (Å²) in [7, 11) is 2.29. The Kier molecular flexibility index (Phi) is 5.08. The van der Waals surface area contributed by atoms with Crippen molar-refractivity contribution in [2.24, 2.45) is 5.41 Å². The van der Waals surface area contributed by atoms with Gasteiger partial charge in [0.25, 0.3) is 0 Å². The van der Waals surface area contributed by atoms with Gasteiger partial charge in [0, 0.05) is 6.04 Å². The molecule has 0 heterocycles. The zero-order chi connectivity index (χ0) is 13.0. The average molecular weight is 253 g/mol. The zero-order valence-electron chi connectivity index (χ0n) is 12.3. The Morgan fingerprint density at radius 2 is 1.89 bits per heavy atom. The van der Waals surface area contributed by atoms with Crippen molar-refractivity contribution in [1.82, 2.24) is 4.90 Å². The van der Waals surface area contributed by atoms with E-state index in [1.54, 1.807) is 0 Å². The SMILES string of the molecule is CCCCCN(C)C1CC(O)CCC12CCCC2. The van der Waals surface area contributed by atoms with Crippen molar-refractivity contribution in [2.45, 2.75) is 83.3 Å². The lowest BCUT2D eigenvalue weighted by Gasteiger charge is -2.47. The monoisotopic (exact) mass is 253 g/mol. The van der Waals surface area contributed by atoms with Gasteiger partial charge in [-0.1, -0.05) is 32.6 Å². The first-order valence-corrected chi connectivity index (χ1v) is 8.06. The molecule has 2 aliphatic carbocycles. The van der Waals surface area contributed by atoms with Crippen LogP contribution in [0.4, 0.5) is 0 Å². The Labute approximate surface area is 113 Å². The normalized spacial score (nSPS) is 31.3. The molecule has 2 heteroatoms. The highest BCUT2D eigenvalue weighted by molar-refractivity contribution is 4.99. The molecule has 0 radical (unpaired) electrons. The minimum absolute atomic E-state index is 0.0464. The van der Waals surface area contributed by atoms with E-state index in [0.29, 0.717) is 11.5 Å². The van der Waals surface area contributed by atoms with Crippen LogP contribution in [0.5, 0.6) is 0 Å². The lowest BCUT2D eigenvalue weighted by molar-refractivity contribution is -0.0171. The molecule has 2 aliphatic rings. The van der Waals surface area contributed by atoms with Crippen LogP contribution in [0.15, 0.2) is 0 Å². The van der Waals surface area contributed by atoms with Gasteiger partial charge in [0.15, 0.2) is 0 Å². The van der Waals surface area contributed by atoms with Gasteiger partial charge in [0.2, 0.25) is 0 Å². The van der Waals surface area contributed by atoms with E-state index < -0.39 is 0 Å². The maximum Gasteiger partial charge on any atom is 0.0555 e. The van der Waals surface area contributed by atoms with E-state index in [9.17, 15) is 5.11 Å². The number of aliphatic hydroxyl groups excluding tert-OH is 1. The number of rotatable bonds is 5. The van der Waals surface area contributed by atoms with Gasteiger partial charge in [-0.15, -0.1) is 0 Å². The molecule has 1 N–H and O–H groups in total. The number of aliphatic hydroxyl groups is 1. The van der Waals surface area contributed by atoms with Crippen molar-refractivity contribution in [3.8, 4) is 0 Å². The molecule has 0 saturated heterocycles. The van der Waals surface area contributed by atoms with Crippen LogP contribution in [0, 0.1) is 5.41 Å². The van der Waals surface area contributed by atoms with E-state index in [0.717, 1.165) is 12.8 Å². The first kappa shape index (κ1) is 14.3. The average Bonchev–Trinajstić information content (AvgIpc) is 2.82. The third-order valence-electron chi connectivity index (χ3n) is 5.42. The van der Waals surface area contributed by atoms with Gasteiger partial charge >= 0.3 is 0 Å². The topological polar surface area (TPSA) is 23.5 Å². The molecule has 18 heavy (non-hydrogen) atoms. The van der Waals surface area contributed by atoms with Crippen LogP contribution in [-0.4, -0.2) is 35.7 Å². The minimum atomic E-state index is -0.0464. The quantitative estimate of drug-likeness (QED) is 0.757. The molecule has 0 aliphatic heterocycles. The second-order valence-corrected chi connectivity index (χ2v) is 6.70. The molecule has 2 unspecified atom stereocenters. The summed E-state index contributed by atoms with van der Waals surface area (Å²) >= 11 is 0. The number of hydrogen-bond donors (Lipinski definition) is 1. The Balaban J connectivity index is 1.96. The Morgan fingerprint density at radius 3 is 2.56 bits per heavy atom. The van der Waals surface area contributed by atoms with E-state index in [4.69, 9.17) is 0 Å². The lowest BCUT2D eigenvalue weighted by Crippen LogP contribution is -2.50. The second kappa shape index (κ2) is 6.38. The zero-order valence-corrected chi connectivity index (χ0v) is 12.3. The van der Waals surface area contributed by atoms with Crippen LogP contribution in [0.25, 0.3) is 0 Å². The van der Waals surface area contributed by atoms with Gasteiger partial charge in [0.1, 0.15) is 0 Å². The molecule has 2 saturated carbocycles. The van der Waals surface area contributed by atoms with E-state index in [1.807, 2.05) is 0 Å². The van der Waals surface area contributed by atoms with E-state index >= 15 is 0 Å². The Bertz CT molecular complexity index is 247. The van der Waals surface area contributed by atoms with Crippen LogP contribution in [-0.2, 0) is 0 Å². The number of nitrogens with zero attached hydrogens (tertiary/aromatic N) is 1. The Morgan fingerprint density at radius 1 is 1.17 bits per heavy atom. The Hall–Kier alpha value is -0.0800. The highest BCUT2D eigenvalue weighted by atomic mass is 16.3. The third kappa shape index (κ3) is 3.08. The molecule has 2 rings (SSSR count). The lowest BCUT2D eigenvalue weighted by atomic mass is 9.67. The number of unbranched alkanes of at least 4 members (excludes halogenated alkanes) is 2. The van der Waals surface area contributed by atoms with Gasteiger partial charge in [-0.25, -0.2) is 0 Å². The van der Waals surface area contributed by atoms with Crippen molar-refractivity contribution in [1.29, 1.82) is 0 Å². The minimum Gasteiger partial charge on any atom is -0.393 e. The third-order valence-corrected chi connectivity index (χ3v) is 5.42. The van der Waals surface area contributed by atoms with Gasteiger partial charge < -0.3 is 10.0 Å². The fraction of sp³-hybridized carbons (Fsp3) is 1.00. The molecule has 1 spiro atoms. The van der Waals surface area contributed by atoms with Crippen molar-refractivity contribution in [2.75, 3.05) is 13.6 Å². The van der Waals surface area contributed by atoms with Gasteiger partial charge in [-0.2, -0.15) is 0 Å². The summed E-state index contributed by atoms with van der Waals surface area (Å²) in [4.78, 5) is 2.57. The standard InChI is InChI=1S/C16H31NO/c1-3-4-7-12-17(2)15-13-14(18)8-11-16(15)9-5-6-10-16/h14-15,18H,3-13H2,1-2H3. The summed E-state index contributed by atoms with van der Waals surface area (Å²) in [6, 6.07) is 0.639. The van der Waals surface area contributed by atoms with Crippen LogP contribution >= 0.6 is 0 Å². The smallest absolute Gasteiger partial charge is 0.0555 e. The first-order chi connectivity index (χ1) is 8.68. The molecule has 2 fully saturated rings. The van der Waals surface area contributed by atoms with Crippen LogP contribution in [0.1, 0.15) is 71.1 Å². The summed E-state index contributed by atoms with van der Waals surface area (Å²) in [5.41, 5.74) is 0.556. The molecule has 0 amide bonds. The predicted octanol–water partition coefficient (Wildman–Crippen LogP) is 3.58. The molecular weight excluding hydrogens is 222 g/mol. The highest BCUT2D eigenvalue weighted by Gasteiger charge is 2.46. The summed E-state index contributed by atoms with van der Waals surface area (Å²) in [6.07, 6.45) is 12.9. The maximum absolute atomic E-state index is 10.0. The fourth-order valence-electron chi connectivity index (χ4n) is 4.32. The van der Waals surface area contributed by atoms with Crippen LogP contribution < -0.4 is 0 Å². The summed E-state index contributed by atoms with van der Waals surface area (Å²) < 4.78 is 0. The predicted molar refractivity (Wildman–Crippen MR) is 76.7 cm³/mol. The van der Waals surface area contributed by atoms with Gasteiger partial charge in [-0.05, 0) is 57.5 Å². The van der Waals surface area contributed by atoms with Crippen molar-refractivity contribution in [3.05, 3.63) is 0 Å². The molecule has 106 valence electrons. The first-order valence-electron chi connectivity index (χ1n) is 8.06. The largest absolute Gasteiger partial charge is 0.393 e. The van der Waals surface area contributed by atoms with Gasteiger partial charge in [0.05, 0.1) is 6.10 Å². The van der Waals surface area contributed by atoms with E-state index in [1.165, 1.54) is 57.9 Å². The summed E-state index contributed by atoms with van der Waals surface area (Å²) in [5.74, 6) is 0. The molecule has 0 aromatic heterocycles. The highest BCUT2D eigenvalue weighted by Crippen LogP contribution is 2.50. The number of hydrogen-bond acceptors (Lipinski definition) is 2. The summed E-state index contributed by atoms with van der Waals surface area (Å²) in [6.45, 7) is 3.48. The van der Waals surface area contributed by atoms with Crippen LogP contribution in [0.2, 0.25) is 0 Å². The van der Waals surface area contributed by atoms with Crippen molar-refractivity contribution < 1.29 is 5.11 Å². The molecule has 0 aromatic rings. The molecule has 0 bridgehead atoms. The van der Waals surface area contributed by atoms with E-state index in [2.05, 4.69) is 18.9 Å². The van der Waals surface area contributed by atoms with Gasteiger partial charge in [-0.3, -0.25) is 0 Å². The van der Waals surface area contributed by atoms with E-state index in [-0.39, 0.29) is 6.10 Å². The maximum atomic E-state index is 10.0. The van der Waals surface area contributed by atoms with Crippen molar-refractivity contribution in [3.63, 3.8) is 0 Å². The molecule has 2 atom stereocenters.